The van der Waals surface area contributed by atoms with Crippen molar-refractivity contribution in [1.82, 2.24) is 20.1 Å². The molecule has 6 nitrogen and oxygen atoms in total. The van der Waals surface area contributed by atoms with Crippen molar-refractivity contribution in [2.45, 2.75) is 18.1 Å². The summed E-state index contributed by atoms with van der Waals surface area (Å²) in [5.74, 6) is 1.64. The van der Waals surface area contributed by atoms with Gasteiger partial charge in [-0.25, -0.2) is 0 Å². The Balaban J connectivity index is 1.58. The lowest BCUT2D eigenvalue weighted by Gasteiger charge is -2.14. The summed E-state index contributed by atoms with van der Waals surface area (Å²) in [6.07, 6.45) is 0. The number of rotatable bonds is 8. The number of methoxy groups -OCH3 is 1. The van der Waals surface area contributed by atoms with Gasteiger partial charge < -0.3 is 10.1 Å². The van der Waals surface area contributed by atoms with E-state index in [1.807, 2.05) is 70.8 Å². The number of amides is 1. The zero-order valence-electron chi connectivity index (χ0n) is 16.4. The van der Waals surface area contributed by atoms with Gasteiger partial charge in [0, 0.05) is 4.88 Å². The van der Waals surface area contributed by atoms with Gasteiger partial charge in [-0.3, -0.25) is 9.36 Å². The summed E-state index contributed by atoms with van der Waals surface area (Å²) in [5.41, 5.74) is 0.836. The Morgan fingerprint density at radius 1 is 1.13 bits per heavy atom. The molecule has 0 fully saturated rings. The van der Waals surface area contributed by atoms with Crippen LogP contribution in [0.15, 0.2) is 64.4 Å². The molecule has 0 spiro atoms. The minimum absolute atomic E-state index is 0.0214. The number of ether oxygens (including phenoxy) is 1. The molecule has 9 heteroatoms. The molecule has 4 rings (SSSR count). The van der Waals surface area contributed by atoms with Gasteiger partial charge in [0.1, 0.15) is 5.75 Å². The van der Waals surface area contributed by atoms with Crippen molar-refractivity contribution in [3.8, 4) is 22.1 Å². The molecule has 0 aliphatic rings. The average molecular weight is 457 g/mol. The lowest BCUT2D eigenvalue weighted by molar-refractivity contribution is -0.119. The number of carbonyl (C=O) groups excluding carboxylic acids is 1. The van der Waals surface area contributed by atoms with Gasteiger partial charge >= 0.3 is 0 Å². The molecular formula is C21H20N4O2S3. The normalized spacial score (nSPS) is 11.9. The first kappa shape index (κ1) is 20.6. The van der Waals surface area contributed by atoms with Gasteiger partial charge in [0.05, 0.1) is 29.5 Å². The number of benzene rings is 1. The van der Waals surface area contributed by atoms with Crippen molar-refractivity contribution >= 4 is 40.3 Å². The first-order chi connectivity index (χ1) is 14.7. The van der Waals surface area contributed by atoms with Crippen molar-refractivity contribution in [1.29, 1.82) is 0 Å². The van der Waals surface area contributed by atoms with E-state index in [4.69, 9.17) is 4.74 Å². The number of para-hydroxylation sites is 2. The molecule has 0 bridgehead atoms. The third-order valence-corrected chi connectivity index (χ3v) is 7.23. The first-order valence-corrected chi connectivity index (χ1v) is 12.0. The molecular weight excluding hydrogens is 436 g/mol. The van der Waals surface area contributed by atoms with Crippen LogP contribution in [-0.2, 0) is 4.79 Å². The molecule has 0 unspecified atom stereocenters. The molecule has 4 aromatic rings. The highest BCUT2D eigenvalue weighted by Gasteiger charge is 2.20. The summed E-state index contributed by atoms with van der Waals surface area (Å²) >= 11 is 4.58. The minimum atomic E-state index is -0.0480. The summed E-state index contributed by atoms with van der Waals surface area (Å²) in [6.45, 7) is 1.99. The van der Waals surface area contributed by atoms with Crippen LogP contribution >= 0.6 is 34.4 Å². The Morgan fingerprint density at radius 2 is 1.93 bits per heavy atom. The topological polar surface area (TPSA) is 69.0 Å². The molecule has 1 amide bonds. The molecule has 0 radical (unpaired) electrons. The average Bonchev–Trinajstić information content (AvgIpc) is 3.53. The second-order valence-electron chi connectivity index (χ2n) is 6.38. The van der Waals surface area contributed by atoms with Crippen molar-refractivity contribution < 1.29 is 9.53 Å². The van der Waals surface area contributed by atoms with Gasteiger partial charge in [0.2, 0.25) is 5.91 Å². The number of hydrogen-bond acceptors (Lipinski definition) is 7. The molecule has 3 aromatic heterocycles. The van der Waals surface area contributed by atoms with E-state index in [2.05, 4.69) is 15.5 Å². The van der Waals surface area contributed by atoms with E-state index < -0.39 is 0 Å². The second-order valence-corrected chi connectivity index (χ2v) is 9.25. The molecule has 1 N–H and O–H groups in total. The van der Waals surface area contributed by atoms with Crippen LogP contribution in [0, 0.1) is 0 Å². The van der Waals surface area contributed by atoms with Crippen molar-refractivity contribution in [3.63, 3.8) is 0 Å². The third kappa shape index (κ3) is 4.43. The van der Waals surface area contributed by atoms with Gasteiger partial charge in [-0.1, -0.05) is 36.0 Å². The molecule has 3 heterocycles. The van der Waals surface area contributed by atoms with Gasteiger partial charge in [0.25, 0.3) is 0 Å². The van der Waals surface area contributed by atoms with Crippen LogP contribution in [0.2, 0.25) is 0 Å². The van der Waals surface area contributed by atoms with Crippen molar-refractivity contribution in [2.75, 3.05) is 12.9 Å². The van der Waals surface area contributed by atoms with Crippen LogP contribution in [0.5, 0.6) is 5.75 Å². The molecule has 1 atom stereocenters. The van der Waals surface area contributed by atoms with E-state index in [0.717, 1.165) is 21.3 Å². The largest absolute Gasteiger partial charge is 0.495 e. The smallest absolute Gasteiger partial charge is 0.230 e. The molecule has 1 aromatic carbocycles. The lowest BCUT2D eigenvalue weighted by Crippen LogP contribution is -2.27. The maximum Gasteiger partial charge on any atom is 0.230 e. The van der Waals surface area contributed by atoms with E-state index in [-0.39, 0.29) is 17.7 Å². The van der Waals surface area contributed by atoms with Crippen molar-refractivity contribution in [3.05, 3.63) is 64.2 Å². The fraction of sp³-hybridized carbons (Fsp3) is 0.190. The SMILES string of the molecule is COc1ccccc1-n1c(SCC(=O)N[C@H](C)c2cccs2)nnc1-c1cccs1. The van der Waals surface area contributed by atoms with Crippen LogP contribution in [0.3, 0.4) is 0 Å². The summed E-state index contributed by atoms with van der Waals surface area (Å²) in [6, 6.07) is 15.7. The lowest BCUT2D eigenvalue weighted by atomic mass is 10.3. The maximum absolute atomic E-state index is 12.5. The van der Waals surface area contributed by atoms with Gasteiger partial charge in [0.15, 0.2) is 11.0 Å². The summed E-state index contributed by atoms with van der Waals surface area (Å²) < 4.78 is 7.51. The minimum Gasteiger partial charge on any atom is -0.495 e. The summed E-state index contributed by atoms with van der Waals surface area (Å²) in [4.78, 5) is 14.6. The fourth-order valence-electron chi connectivity index (χ4n) is 2.98. The van der Waals surface area contributed by atoms with Crippen LogP contribution in [0.4, 0.5) is 0 Å². The number of hydrogen-bond donors (Lipinski definition) is 1. The van der Waals surface area contributed by atoms with Gasteiger partial charge in [-0.15, -0.1) is 32.9 Å². The van der Waals surface area contributed by atoms with E-state index in [1.165, 1.54) is 11.8 Å². The zero-order chi connectivity index (χ0) is 20.9. The molecule has 0 saturated heterocycles. The van der Waals surface area contributed by atoms with Gasteiger partial charge in [-0.2, -0.15) is 0 Å². The van der Waals surface area contributed by atoms with E-state index in [9.17, 15) is 4.79 Å². The van der Waals surface area contributed by atoms with Crippen LogP contribution in [-0.4, -0.2) is 33.5 Å². The molecule has 154 valence electrons. The first-order valence-electron chi connectivity index (χ1n) is 9.25. The molecule has 0 saturated carbocycles. The van der Waals surface area contributed by atoms with E-state index >= 15 is 0 Å². The predicted octanol–water partition coefficient (Wildman–Crippen LogP) is 5.04. The fourth-order valence-corrected chi connectivity index (χ4v) is 5.17. The van der Waals surface area contributed by atoms with Gasteiger partial charge in [-0.05, 0) is 41.9 Å². The van der Waals surface area contributed by atoms with Crippen molar-refractivity contribution in [2.24, 2.45) is 0 Å². The standard InChI is InChI=1S/C21H20N4O2S3/c1-14(17-9-5-11-28-17)22-19(26)13-30-21-24-23-20(18-10-6-12-29-18)25(21)15-7-3-4-8-16(15)27-2/h3-12,14H,13H2,1-2H3,(H,22,26)/t14-/m1/s1. The molecule has 0 aliphatic heterocycles. The quantitative estimate of drug-likeness (QED) is 0.376. The maximum atomic E-state index is 12.5. The van der Waals surface area contributed by atoms with E-state index in [1.54, 1.807) is 29.8 Å². The number of thioether (sulfide) groups is 1. The monoisotopic (exact) mass is 456 g/mol. The highest BCUT2D eigenvalue weighted by molar-refractivity contribution is 7.99. The van der Waals surface area contributed by atoms with E-state index in [0.29, 0.717) is 10.9 Å². The molecule has 0 aliphatic carbocycles. The number of nitrogens with zero attached hydrogens (tertiary/aromatic N) is 3. The Kier molecular flexibility index (Phi) is 6.51. The predicted molar refractivity (Wildman–Crippen MR) is 123 cm³/mol. The second kappa shape index (κ2) is 9.46. The van der Waals surface area contributed by atoms with Crippen LogP contribution in [0.1, 0.15) is 17.8 Å². The molecule has 30 heavy (non-hydrogen) atoms. The number of carbonyl (C=O) groups is 1. The Labute approximate surface area is 186 Å². The van der Waals surface area contributed by atoms with Crippen LogP contribution < -0.4 is 10.1 Å². The number of nitrogens with one attached hydrogen (secondary N) is 1. The highest BCUT2D eigenvalue weighted by Crippen LogP contribution is 2.34. The summed E-state index contributed by atoms with van der Waals surface area (Å²) in [5, 5.41) is 16.5. The summed E-state index contributed by atoms with van der Waals surface area (Å²) in [7, 11) is 1.64. The Hall–Kier alpha value is -2.62. The number of thiophene rings is 2. The Bertz CT molecular complexity index is 1110. The highest BCUT2D eigenvalue weighted by atomic mass is 32.2. The Morgan fingerprint density at radius 3 is 2.67 bits per heavy atom. The third-order valence-electron chi connectivity index (χ3n) is 4.38. The van der Waals surface area contributed by atoms with Crippen LogP contribution in [0.25, 0.3) is 16.4 Å². The number of aromatic nitrogens is 3. The zero-order valence-corrected chi connectivity index (χ0v) is 18.9.